The Morgan fingerprint density at radius 1 is 1.38 bits per heavy atom. The Morgan fingerprint density at radius 2 is 2.10 bits per heavy atom. The summed E-state index contributed by atoms with van der Waals surface area (Å²) >= 11 is 5.81. The Labute approximate surface area is 125 Å². The predicted octanol–water partition coefficient (Wildman–Crippen LogP) is 4.20. The van der Waals surface area contributed by atoms with Crippen molar-refractivity contribution in [2.24, 2.45) is 5.73 Å². The maximum atomic E-state index is 13.9. The minimum absolute atomic E-state index is 0.139. The van der Waals surface area contributed by atoms with Gasteiger partial charge < -0.3 is 10.5 Å². The van der Waals surface area contributed by atoms with Crippen molar-refractivity contribution in [2.75, 3.05) is 0 Å². The van der Waals surface area contributed by atoms with Gasteiger partial charge in [0.15, 0.2) is 11.6 Å². The van der Waals surface area contributed by atoms with E-state index in [1.807, 2.05) is 0 Å². The van der Waals surface area contributed by atoms with Gasteiger partial charge in [-0.3, -0.25) is 10.1 Å². The standard InChI is InChI=1S/C14H12ClFN2O3/c1-8(17)10-3-2-4-11(16)14(10)21-13-7-9(15)5-6-12(13)18(19)20/h2-8H,17H2,1H3. The number of rotatable bonds is 4. The van der Waals surface area contributed by atoms with E-state index >= 15 is 0 Å². The quantitative estimate of drug-likeness (QED) is 0.678. The number of halogens is 2. The van der Waals surface area contributed by atoms with Crippen LogP contribution in [0.5, 0.6) is 11.5 Å². The second-order valence-corrected chi connectivity index (χ2v) is 4.85. The van der Waals surface area contributed by atoms with Crippen LogP contribution in [0.15, 0.2) is 36.4 Å². The van der Waals surface area contributed by atoms with Crippen molar-refractivity contribution in [3.8, 4) is 11.5 Å². The van der Waals surface area contributed by atoms with E-state index in [0.29, 0.717) is 5.56 Å². The van der Waals surface area contributed by atoms with Gasteiger partial charge in [-0.1, -0.05) is 23.7 Å². The van der Waals surface area contributed by atoms with Gasteiger partial charge in [0.2, 0.25) is 5.75 Å². The molecule has 0 bridgehead atoms. The predicted molar refractivity (Wildman–Crippen MR) is 77.2 cm³/mol. The molecule has 2 rings (SSSR count). The fraction of sp³-hybridized carbons (Fsp3) is 0.143. The molecule has 110 valence electrons. The van der Waals surface area contributed by atoms with Crippen LogP contribution in [-0.4, -0.2) is 4.92 Å². The lowest BCUT2D eigenvalue weighted by molar-refractivity contribution is -0.385. The smallest absolute Gasteiger partial charge is 0.311 e. The minimum atomic E-state index is -0.654. The average molecular weight is 311 g/mol. The molecule has 0 aromatic heterocycles. The molecular formula is C14H12ClFN2O3. The normalized spacial score (nSPS) is 12.0. The van der Waals surface area contributed by atoms with Crippen LogP contribution < -0.4 is 10.5 Å². The van der Waals surface area contributed by atoms with Crippen LogP contribution in [0.25, 0.3) is 0 Å². The number of nitrogens with zero attached hydrogens (tertiary/aromatic N) is 1. The number of para-hydroxylation sites is 1. The number of nitro benzene ring substituents is 1. The van der Waals surface area contributed by atoms with Gasteiger partial charge in [0.1, 0.15) is 0 Å². The fourth-order valence-electron chi connectivity index (χ4n) is 1.82. The summed E-state index contributed by atoms with van der Waals surface area (Å²) in [5.74, 6) is -0.934. The van der Waals surface area contributed by atoms with Crippen molar-refractivity contribution in [3.63, 3.8) is 0 Å². The Balaban J connectivity index is 2.53. The Bertz CT molecular complexity index is 692. The van der Waals surface area contributed by atoms with Crippen LogP contribution in [0.1, 0.15) is 18.5 Å². The van der Waals surface area contributed by atoms with E-state index in [1.54, 1.807) is 13.0 Å². The minimum Gasteiger partial charge on any atom is -0.447 e. The summed E-state index contributed by atoms with van der Waals surface area (Å²) < 4.78 is 19.3. The maximum absolute atomic E-state index is 13.9. The third kappa shape index (κ3) is 3.29. The molecule has 0 aliphatic rings. The largest absolute Gasteiger partial charge is 0.447 e. The van der Waals surface area contributed by atoms with Crippen LogP contribution in [0.3, 0.4) is 0 Å². The topological polar surface area (TPSA) is 78.4 Å². The number of benzene rings is 2. The lowest BCUT2D eigenvalue weighted by Crippen LogP contribution is -2.08. The lowest BCUT2D eigenvalue weighted by Gasteiger charge is -2.14. The van der Waals surface area contributed by atoms with Crippen molar-refractivity contribution >= 4 is 17.3 Å². The van der Waals surface area contributed by atoms with Crippen molar-refractivity contribution in [1.29, 1.82) is 0 Å². The zero-order valence-corrected chi connectivity index (χ0v) is 11.8. The molecule has 0 aliphatic carbocycles. The molecule has 0 saturated carbocycles. The van der Waals surface area contributed by atoms with Gasteiger partial charge in [0.25, 0.3) is 0 Å². The van der Waals surface area contributed by atoms with Crippen LogP contribution in [0, 0.1) is 15.9 Å². The summed E-state index contributed by atoms with van der Waals surface area (Å²) in [4.78, 5) is 10.4. The Kier molecular flexibility index (Phi) is 4.40. The molecule has 0 spiro atoms. The molecule has 0 heterocycles. The highest BCUT2D eigenvalue weighted by atomic mass is 35.5. The highest BCUT2D eigenvalue weighted by Gasteiger charge is 2.20. The van der Waals surface area contributed by atoms with E-state index in [1.165, 1.54) is 30.3 Å². The molecule has 2 aromatic carbocycles. The third-order valence-corrected chi connectivity index (χ3v) is 3.05. The highest BCUT2D eigenvalue weighted by Crippen LogP contribution is 2.37. The molecule has 2 N–H and O–H groups in total. The van der Waals surface area contributed by atoms with Crippen molar-refractivity contribution in [2.45, 2.75) is 13.0 Å². The van der Waals surface area contributed by atoms with E-state index in [0.717, 1.165) is 0 Å². The van der Waals surface area contributed by atoms with Gasteiger partial charge in [-0.25, -0.2) is 4.39 Å². The number of nitrogens with two attached hydrogens (primary N) is 1. The van der Waals surface area contributed by atoms with Gasteiger partial charge in [-0.05, 0) is 19.1 Å². The fourth-order valence-corrected chi connectivity index (χ4v) is 1.98. The molecule has 0 saturated heterocycles. The number of hydrogen-bond acceptors (Lipinski definition) is 4. The summed E-state index contributed by atoms with van der Waals surface area (Å²) in [6.07, 6.45) is 0. The molecule has 1 unspecified atom stereocenters. The molecule has 5 nitrogen and oxygen atoms in total. The number of ether oxygens (including phenoxy) is 1. The molecular weight excluding hydrogens is 299 g/mol. The Morgan fingerprint density at radius 3 is 2.71 bits per heavy atom. The summed E-state index contributed by atoms with van der Waals surface area (Å²) in [7, 11) is 0. The van der Waals surface area contributed by atoms with Crippen LogP contribution in [0.4, 0.5) is 10.1 Å². The second-order valence-electron chi connectivity index (χ2n) is 4.42. The first kappa shape index (κ1) is 15.2. The molecule has 0 radical (unpaired) electrons. The van der Waals surface area contributed by atoms with Crippen LogP contribution in [-0.2, 0) is 0 Å². The Hall–Kier alpha value is -2.18. The van der Waals surface area contributed by atoms with Crippen molar-refractivity contribution in [1.82, 2.24) is 0 Å². The lowest BCUT2D eigenvalue weighted by atomic mass is 10.1. The highest BCUT2D eigenvalue weighted by molar-refractivity contribution is 6.30. The SMILES string of the molecule is CC(N)c1cccc(F)c1Oc1cc(Cl)ccc1[N+](=O)[O-]. The zero-order valence-electron chi connectivity index (χ0n) is 11.0. The molecule has 7 heteroatoms. The average Bonchev–Trinajstić information content (AvgIpc) is 2.40. The first-order chi connectivity index (χ1) is 9.90. The summed E-state index contributed by atoms with van der Waals surface area (Å²) in [5.41, 5.74) is 5.86. The van der Waals surface area contributed by atoms with Gasteiger partial charge in [0, 0.05) is 28.8 Å². The monoisotopic (exact) mass is 310 g/mol. The summed E-state index contributed by atoms with van der Waals surface area (Å²) in [5, 5.41) is 11.2. The molecule has 1 atom stereocenters. The number of hydrogen-bond donors (Lipinski definition) is 1. The second kappa shape index (κ2) is 6.07. The number of nitro groups is 1. The molecule has 0 fully saturated rings. The van der Waals surface area contributed by atoms with E-state index in [-0.39, 0.29) is 22.2 Å². The van der Waals surface area contributed by atoms with E-state index < -0.39 is 16.8 Å². The van der Waals surface area contributed by atoms with Crippen LogP contribution >= 0.6 is 11.6 Å². The molecule has 2 aromatic rings. The van der Waals surface area contributed by atoms with E-state index in [2.05, 4.69) is 0 Å². The zero-order chi connectivity index (χ0) is 15.6. The third-order valence-electron chi connectivity index (χ3n) is 2.82. The van der Waals surface area contributed by atoms with Gasteiger partial charge in [0.05, 0.1) is 4.92 Å². The van der Waals surface area contributed by atoms with Crippen LogP contribution in [0.2, 0.25) is 5.02 Å². The first-order valence-electron chi connectivity index (χ1n) is 6.06. The van der Waals surface area contributed by atoms with Gasteiger partial charge >= 0.3 is 5.69 Å². The van der Waals surface area contributed by atoms with Crippen molar-refractivity contribution in [3.05, 3.63) is 62.9 Å². The van der Waals surface area contributed by atoms with Gasteiger partial charge in [-0.2, -0.15) is 0 Å². The van der Waals surface area contributed by atoms with E-state index in [4.69, 9.17) is 22.1 Å². The summed E-state index contributed by atoms with van der Waals surface area (Å²) in [6.45, 7) is 1.66. The summed E-state index contributed by atoms with van der Waals surface area (Å²) in [6, 6.07) is 7.61. The molecule has 0 aliphatic heterocycles. The first-order valence-corrected chi connectivity index (χ1v) is 6.43. The molecule has 0 amide bonds. The van der Waals surface area contributed by atoms with E-state index in [9.17, 15) is 14.5 Å². The maximum Gasteiger partial charge on any atom is 0.311 e. The molecule has 21 heavy (non-hydrogen) atoms. The van der Waals surface area contributed by atoms with Crippen molar-refractivity contribution < 1.29 is 14.1 Å². The van der Waals surface area contributed by atoms with Gasteiger partial charge in [-0.15, -0.1) is 0 Å².